The highest BCUT2D eigenvalue weighted by Gasteiger charge is 2.18. The minimum Gasteiger partial charge on any atom is -0.394 e. The normalized spacial score (nSPS) is 12.9. The van der Waals surface area contributed by atoms with E-state index < -0.39 is 12.1 Å². The van der Waals surface area contributed by atoms with Crippen LogP contribution in [0.1, 0.15) is 296 Å². The molecule has 334 valence electrons. The average molecular weight is 790 g/mol. The zero-order chi connectivity index (χ0) is 40.7. The van der Waals surface area contributed by atoms with Gasteiger partial charge in [0.05, 0.1) is 18.8 Å². The number of allylic oxidation sites excluding steroid dienone is 1. The fourth-order valence-corrected chi connectivity index (χ4v) is 8.30. The maximum absolute atomic E-state index is 12.4. The molecule has 0 heterocycles. The SMILES string of the molecule is CCCCCCCCC/C=C/[C@@H](O)[C@H](CO)NC(=O)CCCCCCCCCCCCCCCCCCCCCCCCCCCCCCCCCCCCC. The Morgan fingerprint density at radius 1 is 0.411 bits per heavy atom. The van der Waals surface area contributed by atoms with E-state index in [1.54, 1.807) is 6.08 Å². The molecule has 0 aromatic carbocycles. The van der Waals surface area contributed by atoms with E-state index in [1.165, 1.54) is 250 Å². The Morgan fingerprint density at radius 2 is 0.661 bits per heavy atom. The van der Waals surface area contributed by atoms with E-state index in [0.717, 1.165) is 25.7 Å². The molecule has 0 bridgehead atoms. The predicted octanol–water partition coefficient (Wildman–Crippen LogP) is 16.6. The Labute approximate surface area is 352 Å². The maximum atomic E-state index is 12.4. The zero-order valence-corrected chi connectivity index (χ0v) is 38.4. The molecule has 56 heavy (non-hydrogen) atoms. The summed E-state index contributed by atoms with van der Waals surface area (Å²) in [5.74, 6) is -0.0605. The van der Waals surface area contributed by atoms with Crippen LogP contribution >= 0.6 is 0 Å². The molecule has 0 saturated carbocycles. The smallest absolute Gasteiger partial charge is 0.220 e. The topological polar surface area (TPSA) is 69.6 Å². The molecule has 0 fully saturated rings. The van der Waals surface area contributed by atoms with Crippen LogP contribution in [0.25, 0.3) is 0 Å². The Bertz CT molecular complexity index is 769. The van der Waals surface area contributed by atoms with Gasteiger partial charge in [-0.25, -0.2) is 0 Å². The molecule has 4 nitrogen and oxygen atoms in total. The average Bonchev–Trinajstić information content (AvgIpc) is 3.20. The Morgan fingerprint density at radius 3 is 0.929 bits per heavy atom. The van der Waals surface area contributed by atoms with Crippen LogP contribution in [0.15, 0.2) is 12.2 Å². The van der Waals surface area contributed by atoms with Gasteiger partial charge in [0.2, 0.25) is 5.91 Å². The van der Waals surface area contributed by atoms with Crippen LogP contribution < -0.4 is 5.32 Å². The minimum absolute atomic E-state index is 0.0605. The molecule has 1 amide bonds. The number of hydrogen-bond acceptors (Lipinski definition) is 3. The van der Waals surface area contributed by atoms with Crippen LogP contribution in [0.3, 0.4) is 0 Å². The van der Waals surface area contributed by atoms with Gasteiger partial charge in [0.15, 0.2) is 0 Å². The van der Waals surface area contributed by atoms with Gasteiger partial charge in [-0.2, -0.15) is 0 Å². The number of nitrogens with one attached hydrogen (secondary N) is 1. The van der Waals surface area contributed by atoms with E-state index in [-0.39, 0.29) is 12.5 Å². The third-order valence-electron chi connectivity index (χ3n) is 12.3. The summed E-state index contributed by atoms with van der Waals surface area (Å²) >= 11 is 0. The molecule has 0 aliphatic rings. The van der Waals surface area contributed by atoms with Gasteiger partial charge in [-0.05, 0) is 19.3 Å². The summed E-state index contributed by atoms with van der Waals surface area (Å²) in [6, 6.07) is -0.615. The van der Waals surface area contributed by atoms with Crippen LogP contribution in [-0.4, -0.2) is 34.9 Å². The second kappa shape index (κ2) is 48.5. The summed E-state index contributed by atoms with van der Waals surface area (Å²) in [4.78, 5) is 12.4. The summed E-state index contributed by atoms with van der Waals surface area (Å²) in [6.45, 7) is 4.30. The van der Waals surface area contributed by atoms with Crippen molar-refractivity contribution in [2.75, 3.05) is 6.61 Å². The number of unbranched alkanes of at least 4 members (excludes halogenated alkanes) is 41. The molecule has 0 aliphatic carbocycles. The lowest BCUT2D eigenvalue weighted by atomic mass is 10.0. The fourth-order valence-electron chi connectivity index (χ4n) is 8.30. The van der Waals surface area contributed by atoms with Crippen molar-refractivity contribution in [3.63, 3.8) is 0 Å². The summed E-state index contributed by atoms with van der Waals surface area (Å²) in [6.07, 6.45) is 62.4. The van der Waals surface area contributed by atoms with Gasteiger partial charge in [0, 0.05) is 6.42 Å². The highest BCUT2D eigenvalue weighted by molar-refractivity contribution is 5.76. The number of rotatable bonds is 48. The maximum Gasteiger partial charge on any atom is 0.220 e. The first-order chi connectivity index (χ1) is 27.7. The first-order valence-corrected chi connectivity index (χ1v) is 25.9. The van der Waals surface area contributed by atoms with Crippen molar-refractivity contribution in [2.24, 2.45) is 0 Å². The Hall–Kier alpha value is -0.870. The highest BCUT2D eigenvalue weighted by atomic mass is 16.3. The van der Waals surface area contributed by atoms with Crippen molar-refractivity contribution in [1.29, 1.82) is 0 Å². The lowest BCUT2D eigenvalue weighted by Gasteiger charge is -2.20. The summed E-state index contributed by atoms with van der Waals surface area (Å²) < 4.78 is 0. The van der Waals surface area contributed by atoms with E-state index in [0.29, 0.717) is 6.42 Å². The molecule has 0 saturated heterocycles. The number of hydrogen-bond donors (Lipinski definition) is 3. The van der Waals surface area contributed by atoms with E-state index in [4.69, 9.17) is 0 Å². The van der Waals surface area contributed by atoms with E-state index in [2.05, 4.69) is 19.2 Å². The first-order valence-electron chi connectivity index (χ1n) is 25.9. The van der Waals surface area contributed by atoms with E-state index in [1.807, 2.05) is 6.08 Å². The first kappa shape index (κ1) is 55.1. The third kappa shape index (κ3) is 44.2. The quantitative estimate of drug-likeness (QED) is 0.0425. The van der Waals surface area contributed by atoms with Crippen molar-refractivity contribution in [1.82, 2.24) is 5.32 Å². The molecule has 0 aromatic heterocycles. The van der Waals surface area contributed by atoms with Gasteiger partial charge in [0.25, 0.3) is 0 Å². The van der Waals surface area contributed by atoms with Gasteiger partial charge >= 0.3 is 0 Å². The molecular formula is C52H103NO3. The van der Waals surface area contributed by atoms with Crippen molar-refractivity contribution >= 4 is 5.91 Å². The summed E-state index contributed by atoms with van der Waals surface area (Å²) in [5, 5.41) is 22.9. The van der Waals surface area contributed by atoms with Crippen LogP contribution in [0.4, 0.5) is 0 Å². The molecule has 0 rings (SSSR count). The zero-order valence-electron chi connectivity index (χ0n) is 38.4. The van der Waals surface area contributed by atoms with Gasteiger partial charge in [-0.15, -0.1) is 0 Å². The van der Waals surface area contributed by atoms with Gasteiger partial charge in [-0.1, -0.05) is 283 Å². The largest absolute Gasteiger partial charge is 0.394 e. The lowest BCUT2D eigenvalue weighted by Crippen LogP contribution is -2.45. The van der Waals surface area contributed by atoms with Crippen molar-refractivity contribution in [3.05, 3.63) is 12.2 Å². The minimum atomic E-state index is -0.832. The molecule has 0 radical (unpaired) electrons. The van der Waals surface area contributed by atoms with E-state index >= 15 is 0 Å². The third-order valence-corrected chi connectivity index (χ3v) is 12.3. The number of carbonyl (C=O) groups excluding carboxylic acids is 1. The Balaban J connectivity index is 3.32. The van der Waals surface area contributed by atoms with E-state index in [9.17, 15) is 15.0 Å². The highest BCUT2D eigenvalue weighted by Crippen LogP contribution is 2.18. The molecule has 2 atom stereocenters. The Kier molecular flexibility index (Phi) is 47.7. The van der Waals surface area contributed by atoms with Crippen molar-refractivity contribution in [2.45, 2.75) is 309 Å². The van der Waals surface area contributed by atoms with Gasteiger partial charge in [-0.3, -0.25) is 4.79 Å². The van der Waals surface area contributed by atoms with Crippen molar-refractivity contribution < 1.29 is 15.0 Å². The fraction of sp³-hybridized carbons (Fsp3) is 0.942. The number of amides is 1. The molecular weight excluding hydrogens is 687 g/mol. The van der Waals surface area contributed by atoms with Gasteiger partial charge < -0.3 is 15.5 Å². The van der Waals surface area contributed by atoms with Crippen LogP contribution in [0, 0.1) is 0 Å². The summed E-state index contributed by atoms with van der Waals surface area (Å²) in [5.41, 5.74) is 0. The monoisotopic (exact) mass is 790 g/mol. The van der Waals surface area contributed by atoms with Crippen LogP contribution in [0.2, 0.25) is 0 Å². The van der Waals surface area contributed by atoms with Crippen molar-refractivity contribution in [3.8, 4) is 0 Å². The standard InChI is InChI=1S/C52H103NO3/c1-3-5-7-9-11-13-14-15-16-17-18-19-20-21-22-23-24-25-26-27-28-29-30-31-32-33-34-35-36-37-38-40-42-44-46-48-52(56)53-50(49-54)51(55)47-45-43-41-39-12-10-8-6-4-2/h45,47,50-51,54-55H,3-44,46,48-49H2,1-2H3,(H,53,56)/b47-45+/t50-,51+/m0/s1. The number of aliphatic hydroxyl groups excluding tert-OH is 2. The number of carbonyl (C=O) groups is 1. The number of aliphatic hydroxyl groups is 2. The van der Waals surface area contributed by atoms with Gasteiger partial charge in [0.1, 0.15) is 0 Å². The molecule has 3 N–H and O–H groups in total. The molecule has 0 unspecified atom stereocenters. The molecule has 0 aliphatic heterocycles. The van der Waals surface area contributed by atoms with Crippen LogP contribution in [0.5, 0.6) is 0 Å². The molecule has 4 heteroatoms. The summed E-state index contributed by atoms with van der Waals surface area (Å²) in [7, 11) is 0. The molecule has 0 aromatic rings. The van der Waals surface area contributed by atoms with Crippen LogP contribution in [-0.2, 0) is 4.79 Å². The second-order valence-corrected chi connectivity index (χ2v) is 18.0. The predicted molar refractivity (Wildman–Crippen MR) is 249 cm³/mol. The lowest BCUT2D eigenvalue weighted by molar-refractivity contribution is -0.123. The second-order valence-electron chi connectivity index (χ2n) is 18.0. The molecule has 0 spiro atoms.